The Bertz CT molecular complexity index is 405. The van der Waals surface area contributed by atoms with Crippen molar-refractivity contribution in [2.75, 3.05) is 32.1 Å². The molecule has 2 N–H and O–H groups in total. The first kappa shape index (κ1) is 14.3. The van der Waals surface area contributed by atoms with Crippen LogP contribution in [0.1, 0.15) is 17.9 Å². The zero-order valence-electron chi connectivity index (χ0n) is 11.7. The summed E-state index contributed by atoms with van der Waals surface area (Å²) in [6, 6.07) is 10.8. The van der Waals surface area contributed by atoms with E-state index in [1.54, 1.807) is 0 Å². The Morgan fingerprint density at radius 2 is 2.11 bits per heavy atom. The number of hydrogen-bond acceptors (Lipinski definition) is 2. The van der Waals surface area contributed by atoms with E-state index >= 15 is 0 Å². The van der Waals surface area contributed by atoms with Gasteiger partial charge in [0.1, 0.15) is 0 Å². The van der Waals surface area contributed by atoms with E-state index < -0.39 is 0 Å². The van der Waals surface area contributed by atoms with Crippen LogP contribution < -0.4 is 10.6 Å². The molecule has 3 nitrogen and oxygen atoms in total. The van der Waals surface area contributed by atoms with Crippen molar-refractivity contribution in [2.45, 2.75) is 12.3 Å². The van der Waals surface area contributed by atoms with E-state index in [0.29, 0.717) is 0 Å². The first-order valence-electron chi connectivity index (χ1n) is 6.83. The van der Waals surface area contributed by atoms with Crippen LogP contribution in [0.25, 0.3) is 0 Å². The van der Waals surface area contributed by atoms with Crippen LogP contribution in [-0.2, 0) is 0 Å². The zero-order chi connectivity index (χ0) is 13.5. The summed E-state index contributed by atoms with van der Waals surface area (Å²) < 4.78 is 0. The van der Waals surface area contributed by atoms with E-state index in [1.165, 1.54) is 12.0 Å². The maximum Gasteiger partial charge on any atom is 0.191 e. The van der Waals surface area contributed by atoms with Crippen LogP contribution in [0.15, 0.2) is 35.3 Å². The Morgan fingerprint density at radius 3 is 2.79 bits per heavy atom. The van der Waals surface area contributed by atoms with Crippen LogP contribution in [0.2, 0.25) is 0 Å². The lowest BCUT2D eigenvalue weighted by Gasteiger charge is -2.11. The van der Waals surface area contributed by atoms with Gasteiger partial charge < -0.3 is 10.6 Å². The molecule has 1 aromatic carbocycles. The number of nitrogens with zero attached hydrogens (tertiary/aromatic N) is 1. The molecule has 104 valence electrons. The van der Waals surface area contributed by atoms with Crippen LogP contribution >= 0.6 is 11.8 Å². The highest BCUT2D eigenvalue weighted by Crippen LogP contribution is 2.46. The second-order valence-electron chi connectivity index (χ2n) is 4.89. The summed E-state index contributed by atoms with van der Waals surface area (Å²) >= 11 is 1.84. The Morgan fingerprint density at radius 1 is 1.32 bits per heavy atom. The lowest BCUT2D eigenvalue weighted by atomic mass is 10.1. The molecule has 4 heteroatoms. The highest BCUT2D eigenvalue weighted by molar-refractivity contribution is 7.98. The number of aliphatic imine (C=N–C) groups is 1. The predicted octanol–water partition coefficient (Wildman–Crippen LogP) is 2.32. The molecule has 2 rings (SSSR count). The van der Waals surface area contributed by atoms with Gasteiger partial charge in [-0.25, -0.2) is 0 Å². The summed E-state index contributed by atoms with van der Waals surface area (Å²) in [5, 5.41) is 6.75. The van der Waals surface area contributed by atoms with Gasteiger partial charge in [0, 0.05) is 25.9 Å². The number of thioether (sulfide) groups is 1. The maximum atomic E-state index is 4.24. The molecular weight excluding hydrogens is 254 g/mol. The SMILES string of the molecule is CN=C(NCCSC)NCC1CC1c1ccccc1. The molecule has 0 bridgehead atoms. The van der Waals surface area contributed by atoms with Gasteiger partial charge in [0.25, 0.3) is 0 Å². The van der Waals surface area contributed by atoms with E-state index in [2.05, 4.69) is 52.2 Å². The molecule has 0 aliphatic heterocycles. The highest BCUT2D eigenvalue weighted by atomic mass is 32.2. The fraction of sp³-hybridized carbons (Fsp3) is 0.533. The minimum Gasteiger partial charge on any atom is -0.356 e. The van der Waals surface area contributed by atoms with Gasteiger partial charge in [0.15, 0.2) is 5.96 Å². The number of rotatable bonds is 6. The van der Waals surface area contributed by atoms with Crippen LogP contribution in [-0.4, -0.2) is 38.1 Å². The first-order chi connectivity index (χ1) is 9.35. The maximum absolute atomic E-state index is 4.24. The fourth-order valence-corrected chi connectivity index (χ4v) is 2.61. The Kier molecular flexibility index (Phi) is 5.58. The molecule has 19 heavy (non-hydrogen) atoms. The van der Waals surface area contributed by atoms with E-state index in [-0.39, 0.29) is 0 Å². The molecule has 1 saturated carbocycles. The number of nitrogens with one attached hydrogen (secondary N) is 2. The van der Waals surface area contributed by atoms with Crippen LogP contribution in [0, 0.1) is 5.92 Å². The Balaban J connectivity index is 1.69. The van der Waals surface area contributed by atoms with Crippen molar-refractivity contribution >= 4 is 17.7 Å². The van der Waals surface area contributed by atoms with E-state index in [0.717, 1.165) is 36.6 Å². The smallest absolute Gasteiger partial charge is 0.191 e. The van der Waals surface area contributed by atoms with Gasteiger partial charge in [-0.3, -0.25) is 4.99 Å². The van der Waals surface area contributed by atoms with Crippen molar-refractivity contribution in [3.8, 4) is 0 Å². The lowest BCUT2D eigenvalue weighted by Crippen LogP contribution is -2.39. The van der Waals surface area contributed by atoms with Crippen molar-refractivity contribution in [3.63, 3.8) is 0 Å². The third-order valence-electron chi connectivity index (χ3n) is 3.50. The molecule has 0 amide bonds. The van der Waals surface area contributed by atoms with Gasteiger partial charge >= 0.3 is 0 Å². The Labute approximate surface area is 120 Å². The van der Waals surface area contributed by atoms with Gasteiger partial charge in [-0.1, -0.05) is 30.3 Å². The topological polar surface area (TPSA) is 36.4 Å². The standard InChI is InChI=1S/C15H23N3S/c1-16-15(17-8-9-19-2)18-11-13-10-14(13)12-6-4-3-5-7-12/h3-7,13-14H,8-11H2,1-2H3,(H2,16,17,18). The number of hydrogen-bond donors (Lipinski definition) is 2. The highest BCUT2D eigenvalue weighted by Gasteiger charge is 2.37. The first-order valence-corrected chi connectivity index (χ1v) is 8.23. The molecule has 2 atom stereocenters. The molecule has 1 aliphatic rings. The summed E-state index contributed by atoms with van der Waals surface area (Å²) in [6.45, 7) is 1.98. The quantitative estimate of drug-likeness (QED) is 0.476. The largest absolute Gasteiger partial charge is 0.356 e. The van der Waals surface area contributed by atoms with Crippen molar-refractivity contribution in [1.82, 2.24) is 10.6 Å². The summed E-state index contributed by atoms with van der Waals surface area (Å²) in [5.74, 6) is 3.52. The normalized spacial score (nSPS) is 22.1. The average Bonchev–Trinajstić information content (AvgIpc) is 3.23. The molecule has 1 fully saturated rings. The summed E-state index contributed by atoms with van der Waals surface area (Å²) in [4.78, 5) is 4.24. The molecule has 2 unspecified atom stereocenters. The predicted molar refractivity (Wildman–Crippen MR) is 85.0 cm³/mol. The van der Waals surface area contributed by atoms with Gasteiger partial charge in [-0.05, 0) is 30.1 Å². The molecule has 0 spiro atoms. The Hall–Kier alpha value is -1.16. The zero-order valence-corrected chi connectivity index (χ0v) is 12.5. The minimum absolute atomic E-state index is 0.734. The van der Waals surface area contributed by atoms with Crippen molar-refractivity contribution in [2.24, 2.45) is 10.9 Å². The third kappa shape index (κ3) is 4.46. The summed E-state index contributed by atoms with van der Waals surface area (Å²) in [7, 11) is 1.83. The van der Waals surface area contributed by atoms with E-state index in [1.807, 2.05) is 18.8 Å². The lowest BCUT2D eigenvalue weighted by molar-refractivity contribution is 0.725. The molecule has 1 aromatic rings. The number of benzene rings is 1. The number of guanidine groups is 1. The molecule has 0 radical (unpaired) electrons. The monoisotopic (exact) mass is 277 g/mol. The average molecular weight is 277 g/mol. The van der Waals surface area contributed by atoms with Crippen LogP contribution in [0.4, 0.5) is 0 Å². The fourth-order valence-electron chi connectivity index (χ4n) is 2.30. The van der Waals surface area contributed by atoms with Gasteiger partial charge in [-0.2, -0.15) is 11.8 Å². The molecule has 0 aromatic heterocycles. The molecule has 0 saturated heterocycles. The summed E-state index contributed by atoms with van der Waals surface area (Å²) in [6.07, 6.45) is 3.41. The van der Waals surface area contributed by atoms with Crippen molar-refractivity contribution < 1.29 is 0 Å². The summed E-state index contributed by atoms with van der Waals surface area (Å²) in [5.41, 5.74) is 1.47. The van der Waals surface area contributed by atoms with Gasteiger partial charge in [0.2, 0.25) is 0 Å². The van der Waals surface area contributed by atoms with E-state index in [9.17, 15) is 0 Å². The van der Waals surface area contributed by atoms with E-state index in [4.69, 9.17) is 0 Å². The van der Waals surface area contributed by atoms with Crippen LogP contribution in [0.3, 0.4) is 0 Å². The second kappa shape index (κ2) is 7.43. The molecule has 0 heterocycles. The van der Waals surface area contributed by atoms with Gasteiger partial charge in [-0.15, -0.1) is 0 Å². The third-order valence-corrected chi connectivity index (χ3v) is 4.12. The van der Waals surface area contributed by atoms with Crippen LogP contribution in [0.5, 0.6) is 0 Å². The van der Waals surface area contributed by atoms with Gasteiger partial charge in [0.05, 0.1) is 0 Å². The van der Waals surface area contributed by atoms with Crippen molar-refractivity contribution in [3.05, 3.63) is 35.9 Å². The molecular formula is C15H23N3S. The van der Waals surface area contributed by atoms with Crippen molar-refractivity contribution in [1.29, 1.82) is 0 Å². The second-order valence-corrected chi connectivity index (χ2v) is 5.87. The minimum atomic E-state index is 0.734. The molecule has 1 aliphatic carbocycles.